The third-order valence-corrected chi connectivity index (χ3v) is 6.25. The minimum Gasteiger partial charge on any atom is -0.454 e. The van der Waals surface area contributed by atoms with E-state index >= 15 is 0 Å². The molecule has 2 aromatic rings. The van der Waals surface area contributed by atoms with E-state index in [0.29, 0.717) is 30.2 Å². The highest BCUT2D eigenvalue weighted by atomic mass is 35.5. The fourth-order valence-electron chi connectivity index (χ4n) is 3.33. The Morgan fingerprint density at radius 2 is 2.16 bits per heavy atom. The van der Waals surface area contributed by atoms with Crippen LogP contribution in [0.25, 0.3) is 10.4 Å². The zero-order valence-corrected chi connectivity index (χ0v) is 15.0. The maximum atomic E-state index is 9.06. The van der Waals surface area contributed by atoms with Crippen LogP contribution in [0.3, 0.4) is 0 Å². The number of hydrogen-bond acceptors (Lipinski definition) is 7. The van der Waals surface area contributed by atoms with E-state index in [1.165, 1.54) is 17.5 Å². The SMILES string of the molecule is CC1(c2sc(-c3cncc(C#N)c3)cc2Cl)CC2(COC2)OC(N)=N1. The Morgan fingerprint density at radius 1 is 1.36 bits per heavy atom. The van der Waals surface area contributed by atoms with Crippen molar-refractivity contribution in [3.8, 4) is 16.5 Å². The maximum Gasteiger partial charge on any atom is 0.283 e. The predicted molar refractivity (Wildman–Crippen MR) is 95.5 cm³/mol. The molecule has 4 heterocycles. The molecule has 2 N–H and O–H groups in total. The van der Waals surface area contributed by atoms with E-state index in [0.717, 1.165) is 15.3 Å². The Balaban J connectivity index is 1.75. The van der Waals surface area contributed by atoms with Crippen LogP contribution in [0.4, 0.5) is 0 Å². The molecule has 6 nitrogen and oxygen atoms in total. The summed E-state index contributed by atoms with van der Waals surface area (Å²) in [7, 11) is 0. The topological polar surface area (TPSA) is 93.5 Å². The number of aromatic nitrogens is 1. The number of nitrogens with zero attached hydrogens (tertiary/aromatic N) is 3. The Morgan fingerprint density at radius 3 is 2.84 bits per heavy atom. The van der Waals surface area contributed by atoms with E-state index in [4.69, 9.17) is 32.1 Å². The lowest BCUT2D eigenvalue weighted by Gasteiger charge is -2.47. The van der Waals surface area contributed by atoms with E-state index in [1.54, 1.807) is 12.3 Å². The highest BCUT2D eigenvalue weighted by molar-refractivity contribution is 7.16. The Bertz CT molecular complexity index is 916. The summed E-state index contributed by atoms with van der Waals surface area (Å²) in [5.41, 5.74) is 6.29. The van der Waals surface area contributed by atoms with Crippen molar-refractivity contribution in [1.29, 1.82) is 5.26 Å². The van der Waals surface area contributed by atoms with Crippen LogP contribution < -0.4 is 5.73 Å². The summed E-state index contributed by atoms with van der Waals surface area (Å²) < 4.78 is 11.0. The predicted octanol–water partition coefficient (Wildman–Crippen LogP) is 3.05. The number of pyridine rings is 1. The number of ether oxygens (including phenoxy) is 2. The highest BCUT2D eigenvalue weighted by Gasteiger charge is 2.51. The molecule has 0 radical (unpaired) electrons. The summed E-state index contributed by atoms with van der Waals surface area (Å²) in [6.45, 7) is 3.01. The molecule has 1 atom stereocenters. The molecule has 1 spiro atoms. The molecule has 2 aliphatic heterocycles. The van der Waals surface area contributed by atoms with Crippen LogP contribution in [-0.2, 0) is 15.0 Å². The summed E-state index contributed by atoms with van der Waals surface area (Å²) in [5.74, 6) is 0. The van der Waals surface area contributed by atoms with Crippen molar-refractivity contribution in [2.45, 2.75) is 24.5 Å². The molecule has 1 unspecified atom stereocenters. The molecular formula is C17H15ClN4O2S. The van der Waals surface area contributed by atoms with Gasteiger partial charge in [0.25, 0.3) is 6.02 Å². The molecule has 0 saturated carbocycles. The van der Waals surface area contributed by atoms with E-state index in [1.807, 2.05) is 13.0 Å². The standard InChI is InChI=1S/C17H15ClN4O2S/c1-16(7-17(8-23-9-17)24-15(20)22-16)14-12(18)3-13(25-14)11-2-10(4-19)5-21-6-11/h2-3,5-6H,7-9H2,1H3,(H2,20,22). The van der Waals surface area contributed by atoms with Crippen molar-refractivity contribution < 1.29 is 9.47 Å². The van der Waals surface area contributed by atoms with Crippen LogP contribution in [0.5, 0.6) is 0 Å². The van der Waals surface area contributed by atoms with E-state index < -0.39 is 11.1 Å². The maximum absolute atomic E-state index is 9.06. The molecule has 128 valence electrons. The van der Waals surface area contributed by atoms with Gasteiger partial charge in [-0.15, -0.1) is 11.3 Å². The zero-order chi connectivity index (χ0) is 17.7. The van der Waals surface area contributed by atoms with Crippen molar-refractivity contribution in [3.05, 3.63) is 40.0 Å². The van der Waals surface area contributed by atoms with Crippen LogP contribution >= 0.6 is 22.9 Å². The lowest BCUT2D eigenvalue weighted by Crippen LogP contribution is -2.59. The largest absolute Gasteiger partial charge is 0.454 e. The molecule has 1 fully saturated rings. The zero-order valence-electron chi connectivity index (χ0n) is 13.5. The number of halogens is 1. The summed E-state index contributed by atoms with van der Waals surface area (Å²) >= 11 is 8.07. The van der Waals surface area contributed by atoms with E-state index in [2.05, 4.69) is 16.0 Å². The van der Waals surface area contributed by atoms with Crippen LogP contribution in [-0.4, -0.2) is 29.8 Å². The Kier molecular flexibility index (Phi) is 3.72. The molecule has 4 rings (SSSR count). The van der Waals surface area contributed by atoms with E-state index in [-0.39, 0.29) is 6.02 Å². The smallest absolute Gasteiger partial charge is 0.283 e. The van der Waals surface area contributed by atoms with Gasteiger partial charge < -0.3 is 15.2 Å². The minimum absolute atomic E-state index is 0.163. The Labute approximate surface area is 153 Å². The van der Waals surface area contributed by atoms with Gasteiger partial charge in [0.05, 0.1) is 28.7 Å². The normalized spacial score (nSPS) is 24.1. The molecule has 0 aromatic carbocycles. The highest BCUT2D eigenvalue weighted by Crippen LogP contribution is 2.48. The van der Waals surface area contributed by atoms with Gasteiger partial charge in [-0.3, -0.25) is 4.98 Å². The molecule has 0 aliphatic carbocycles. The second-order valence-corrected chi connectivity index (χ2v) is 8.00. The summed E-state index contributed by atoms with van der Waals surface area (Å²) in [4.78, 5) is 10.5. The van der Waals surface area contributed by atoms with Crippen LogP contribution in [0, 0.1) is 11.3 Å². The summed E-state index contributed by atoms with van der Waals surface area (Å²) in [6, 6.07) is 5.95. The number of amidine groups is 1. The van der Waals surface area contributed by atoms with Gasteiger partial charge >= 0.3 is 0 Å². The third-order valence-electron chi connectivity index (χ3n) is 4.40. The van der Waals surface area contributed by atoms with Gasteiger partial charge in [0, 0.05) is 29.3 Å². The van der Waals surface area contributed by atoms with Gasteiger partial charge in [-0.05, 0) is 19.1 Å². The fraction of sp³-hybridized carbons (Fsp3) is 0.353. The first-order valence-corrected chi connectivity index (χ1v) is 8.90. The van der Waals surface area contributed by atoms with Gasteiger partial charge in [-0.1, -0.05) is 11.6 Å². The number of hydrogen-bond donors (Lipinski definition) is 1. The van der Waals surface area contributed by atoms with Gasteiger partial charge in [-0.2, -0.15) is 5.26 Å². The van der Waals surface area contributed by atoms with E-state index in [9.17, 15) is 0 Å². The first-order valence-electron chi connectivity index (χ1n) is 7.70. The lowest BCUT2D eigenvalue weighted by molar-refractivity contribution is -0.186. The molecule has 8 heteroatoms. The van der Waals surface area contributed by atoms with Crippen molar-refractivity contribution in [3.63, 3.8) is 0 Å². The van der Waals surface area contributed by atoms with Crippen molar-refractivity contribution in [2.75, 3.05) is 13.2 Å². The quantitative estimate of drug-likeness (QED) is 0.871. The molecule has 0 amide bonds. The molecule has 2 aromatic heterocycles. The lowest BCUT2D eigenvalue weighted by atomic mass is 9.82. The van der Waals surface area contributed by atoms with Gasteiger partial charge in [0.15, 0.2) is 5.60 Å². The minimum atomic E-state index is -0.577. The fourth-order valence-corrected chi connectivity index (χ4v) is 4.94. The first kappa shape index (κ1) is 16.3. The van der Waals surface area contributed by atoms with Gasteiger partial charge in [-0.25, -0.2) is 4.99 Å². The van der Waals surface area contributed by atoms with Crippen molar-refractivity contribution in [2.24, 2.45) is 10.7 Å². The van der Waals surface area contributed by atoms with Crippen LogP contribution in [0.15, 0.2) is 29.5 Å². The molecule has 25 heavy (non-hydrogen) atoms. The number of thiophene rings is 1. The van der Waals surface area contributed by atoms with Gasteiger partial charge in [0.1, 0.15) is 11.6 Å². The number of rotatable bonds is 2. The summed E-state index contributed by atoms with van der Waals surface area (Å²) in [6.07, 6.45) is 3.90. The second-order valence-electron chi connectivity index (χ2n) is 6.54. The average Bonchev–Trinajstić information content (AvgIpc) is 2.95. The summed E-state index contributed by atoms with van der Waals surface area (Å²) in [5, 5.41) is 9.69. The van der Waals surface area contributed by atoms with Crippen LogP contribution in [0.1, 0.15) is 23.8 Å². The van der Waals surface area contributed by atoms with Crippen molar-refractivity contribution >= 4 is 29.0 Å². The third kappa shape index (κ3) is 2.76. The van der Waals surface area contributed by atoms with Gasteiger partial charge in [0.2, 0.25) is 0 Å². The average molecular weight is 375 g/mol. The first-order chi connectivity index (χ1) is 11.9. The number of nitriles is 1. The monoisotopic (exact) mass is 374 g/mol. The van der Waals surface area contributed by atoms with Crippen LogP contribution in [0.2, 0.25) is 5.02 Å². The number of nitrogens with two attached hydrogens (primary N) is 1. The molecule has 0 bridgehead atoms. The second kappa shape index (κ2) is 5.70. The molecule has 1 saturated heterocycles. The molecular weight excluding hydrogens is 360 g/mol. The molecule has 2 aliphatic rings. The van der Waals surface area contributed by atoms with Crippen molar-refractivity contribution in [1.82, 2.24) is 4.98 Å². The number of aliphatic imine (C=N–C) groups is 1. The Hall–Kier alpha value is -2.14.